The molecule has 26 heavy (non-hydrogen) atoms. The number of carbonyl (C=O) groups is 2. The smallest absolute Gasteiger partial charge is 0.247 e. The number of nitrogens with one attached hydrogen (secondary N) is 1. The summed E-state index contributed by atoms with van der Waals surface area (Å²) < 4.78 is 18.3. The second-order valence-corrected chi connectivity index (χ2v) is 6.18. The number of aryl methyl sites for hydroxylation is 1. The highest BCUT2D eigenvalue weighted by Gasteiger charge is 2.33. The van der Waals surface area contributed by atoms with E-state index in [1.54, 1.807) is 24.1 Å². The first-order valence-electron chi connectivity index (χ1n) is 8.54. The van der Waals surface area contributed by atoms with Gasteiger partial charge in [-0.3, -0.25) is 9.59 Å². The number of nitrogens with zero attached hydrogens (tertiary/aromatic N) is 1. The van der Waals surface area contributed by atoms with E-state index in [1.807, 2.05) is 24.3 Å². The van der Waals surface area contributed by atoms with Gasteiger partial charge < -0.3 is 15.0 Å². The third kappa shape index (κ3) is 4.02. The number of ether oxygens (including phenoxy) is 1. The lowest BCUT2D eigenvalue weighted by atomic mass is 10.0. The van der Waals surface area contributed by atoms with Crippen LogP contribution in [0.1, 0.15) is 23.6 Å². The average molecular weight is 356 g/mol. The van der Waals surface area contributed by atoms with E-state index in [1.165, 1.54) is 12.1 Å². The van der Waals surface area contributed by atoms with Crippen molar-refractivity contribution >= 4 is 11.8 Å². The maximum absolute atomic E-state index is 13.2. The van der Waals surface area contributed by atoms with Crippen LogP contribution in [0.5, 0.6) is 5.75 Å². The van der Waals surface area contributed by atoms with Crippen molar-refractivity contribution in [3.8, 4) is 5.75 Å². The Balaban J connectivity index is 1.70. The molecule has 6 heteroatoms. The van der Waals surface area contributed by atoms with Crippen LogP contribution in [-0.4, -0.2) is 36.9 Å². The van der Waals surface area contributed by atoms with Gasteiger partial charge >= 0.3 is 0 Å². The van der Waals surface area contributed by atoms with Crippen LogP contribution in [-0.2, 0) is 16.0 Å². The number of halogens is 1. The van der Waals surface area contributed by atoms with Crippen molar-refractivity contribution in [1.29, 1.82) is 0 Å². The van der Waals surface area contributed by atoms with Crippen LogP contribution >= 0.6 is 0 Å². The third-order valence-corrected chi connectivity index (χ3v) is 4.50. The minimum atomic E-state index is -0.715. The molecular weight excluding hydrogens is 335 g/mol. The Morgan fingerprint density at radius 2 is 1.88 bits per heavy atom. The number of hydrogen-bond donors (Lipinski definition) is 1. The van der Waals surface area contributed by atoms with Gasteiger partial charge in [0.15, 0.2) is 0 Å². The lowest BCUT2D eigenvalue weighted by molar-refractivity contribution is -0.143. The van der Waals surface area contributed by atoms with Crippen LogP contribution in [0.4, 0.5) is 4.39 Å². The van der Waals surface area contributed by atoms with Gasteiger partial charge in [-0.1, -0.05) is 24.3 Å². The van der Waals surface area contributed by atoms with E-state index in [4.69, 9.17) is 4.74 Å². The molecule has 2 aromatic carbocycles. The van der Waals surface area contributed by atoms with Crippen molar-refractivity contribution in [2.24, 2.45) is 0 Å². The molecule has 1 atom stereocenters. The topological polar surface area (TPSA) is 58.6 Å². The van der Waals surface area contributed by atoms with E-state index in [0.29, 0.717) is 31.5 Å². The fraction of sp³-hybridized carbons (Fsp3) is 0.300. The van der Waals surface area contributed by atoms with Crippen molar-refractivity contribution in [2.75, 3.05) is 20.2 Å². The molecule has 0 bridgehead atoms. The SMILES string of the molecule is COc1ccc(CCC(=O)N2CCNC(=O)C2c2ccc(F)cc2)cc1. The van der Waals surface area contributed by atoms with Gasteiger partial charge in [0, 0.05) is 19.5 Å². The van der Waals surface area contributed by atoms with Gasteiger partial charge in [0.2, 0.25) is 11.8 Å². The molecule has 0 aromatic heterocycles. The molecule has 1 unspecified atom stereocenters. The minimum Gasteiger partial charge on any atom is -0.497 e. The summed E-state index contributed by atoms with van der Waals surface area (Å²) >= 11 is 0. The number of hydrogen-bond acceptors (Lipinski definition) is 3. The first kappa shape index (κ1) is 17.9. The fourth-order valence-corrected chi connectivity index (χ4v) is 3.10. The van der Waals surface area contributed by atoms with E-state index < -0.39 is 6.04 Å². The molecule has 1 aliphatic rings. The van der Waals surface area contributed by atoms with Crippen molar-refractivity contribution in [1.82, 2.24) is 10.2 Å². The normalized spacial score (nSPS) is 16.9. The van der Waals surface area contributed by atoms with E-state index in [-0.39, 0.29) is 17.6 Å². The van der Waals surface area contributed by atoms with Crippen LogP contribution in [0, 0.1) is 5.82 Å². The molecule has 1 heterocycles. The number of rotatable bonds is 5. The van der Waals surface area contributed by atoms with Crippen LogP contribution in [0.2, 0.25) is 0 Å². The Morgan fingerprint density at radius 1 is 1.19 bits per heavy atom. The zero-order chi connectivity index (χ0) is 18.5. The van der Waals surface area contributed by atoms with Gasteiger partial charge in [-0.15, -0.1) is 0 Å². The summed E-state index contributed by atoms with van der Waals surface area (Å²) in [5.74, 6) is 0.0668. The summed E-state index contributed by atoms with van der Waals surface area (Å²) in [6.07, 6.45) is 0.883. The molecule has 2 aromatic rings. The maximum Gasteiger partial charge on any atom is 0.247 e. The van der Waals surface area contributed by atoms with Gasteiger partial charge in [-0.2, -0.15) is 0 Å². The van der Waals surface area contributed by atoms with E-state index in [0.717, 1.165) is 11.3 Å². The number of piperazine rings is 1. The molecular formula is C20H21FN2O3. The molecule has 3 rings (SSSR count). The Labute approximate surface area is 151 Å². The van der Waals surface area contributed by atoms with Crippen LogP contribution in [0.15, 0.2) is 48.5 Å². The molecule has 1 fully saturated rings. The highest BCUT2D eigenvalue weighted by molar-refractivity contribution is 5.89. The molecule has 0 saturated carbocycles. The Morgan fingerprint density at radius 3 is 2.54 bits per heavy atom. The fourth-order valence-electron chi connectivity index (χ4n) is 3.10. The maximum atomic E-state index is 13.2. The van der Waals surface area contributed by atoms with Crippen molar-refractivity contribution < 1.29 is 18.7 Å². The van der Waals surface area contributed by atoms with Crippen LogP contribution < -0.4 is 10.1 Å². The van der Waals surface area contributed by atoms with Gasteiger partial charge in [0.1, 0.15) is 17.6 Å². The minimum absolute atomic E-state index is 0.0926. The van der Waals surface area contributed by atoms with Gasteiger partial charge in [0.25, 0.3) is 0 Å². The molecule has 0 radical (unpaired) electrons. The summed E-state index contributed by atoms with van der Waals surface area (Å²) in [5.41, 5.74) is 1.64. The summed E-state index contributed by atoms with van der Waals surface area (Å²) in [7, 11) is 1.61. The lowest BCUT2D eigenvalue weighted by Crippen LogP contribution is -2.52. The lowest BCUT2D eigenvalue weighted by Gasteiger charge is -2.35. The molecule has 136 valence electrons. The summed E-state index contributed by atoms with van der Waals surface area (Å²) in [6.45, 7) is 0.861. The zero-order valence-electron chi connectivity index (χ0n) is 14.6. The standard InChI is InChI=1S/C20H21FN2O3/c1-26-17-9-2-14(3-10-17)4-11-18(24)23-13-12-22-20(25)19(23)15-5-7-16(21)8-6-15/h2-3,5-10,19H,4,11-13H2,1H3,(H,22,25). The Hall–Kier alpha value is -2.89. The van der Waals surface area contributed by atoms with Crippen molar-refractivity contribution in [3.05, 3.63) is 65.5 Å². The van der Waals surface area contributed by atoms with Gasteiger partial charge in [-0.25, -0.2) is 4.39 Å². The first-order chi connectivity index (χ1) is 12.6. The monoisotopic (exact) mass is 356 g/mol. The van der Waals surface area contributed by atoms with Crippen molar-refractivity contribution in [2.45, 2.75) is 18.9 Å². The molecule has 1 N–H and O–H groups in total. The number of carbonyl (C=O) groups excluding carboxylic acids is 2. The van der Waals surface area contributed by atoms with Crippen LogP contribution in [0.3, 0.4) is 0 Å². The summed E-state index contributed by atoms with van der Waals surface area (Å²) in [6, 6.07) is 12.6. The zero-order valence-corrected chi connectivity index (χ0v) is 14.6. The largest absolute Gasteiger partial charge is 0.497 e. The Kier molecular flexibility index (Phi) is 5.51. The second kappa shape index (κ2) is 7.99. The quantitative estimate of drug-likeness (QED) is 0.895. The van der Waals surface area contributed by atoms with Crippen molar-refractivity contribution in [3.63, 3.8) is 0 Å². The number of benzene rings is 2. The van der Waals surface area contributed by atoms with Crippen LogP contribution in [0.25, 0.3) is 0 Å². The molecule has 1 aliphatic heterocycles. The second-order valence-electron chi connectivity index (χ2n) is 6.18. The molecule has 1 saturated heterocycles. The van der Waals surface area contributed by atoms with E-state index in [2.05, 4.69) is 5.32 Å². The van der Waals surface area contributed by atoms with E-state index >= 15 is 0 Å². The predicted octanol–water partition coefficient (Wildman–Crippen LogP) is 2.47. The van der Waals surface area contributed by atoms with Gasteiger partial charge in [0.05, 0.1) is 7.11 Å². The molecule has 5 nitrogen and oxygen atoms in total. The van der Waals surface area contributed by atoms with E-state index in [9.17, 15) is 14.0 Å². The molecule has 0 aliphatic carbocycles. The average Bonchev–Trinajstić information content (AvgIpc) is 2.67. The Bertz CT molecular complexity index is 775. The number of amides is 2. The summed E-state index contributed by atoms with van der Waals surface area (Å²) in [5, 5.41) is 2.78. The first-order valence-corrected chi connectivity index (χ1v) is 8.54. The third-order valence-electron chi connectivity index (χ3n) is 4.50. The van der Waals surface area contributed by atoms with Gasteiger partial charge in [-0.05, 0) is 41.8 Å². The molecule has 0 spiro atoms. The predicted molar refractivity (Wildman–Crippen MR) is 95.2 cm³/mol. The number of methoxy groups -OCH3 is 1. The highest BCUT2D eigenvalue weighted by atomic mass is 19.1. The molecule has 2 amide bonds. The summed E-state index contributed by atoms with van der Waals surface area (Å²) in [4.78, 5) is 26.6. The highest BCUT2D eigenvalue weighted by Crippen LogP contribution is 2.25.